The Balaban J connectivity index is 1.97. The molecule has 0 spiro atoms. The Morgan fingerprint density at radius 3 is 2.53 bits per heavy atom. The van der Waals surface area contributed by atoms with Gasteiger partial charge < -0.3 is 10.1 Å². The predicted octanol–water partition coefficient (Wildman–Crippen LogP) is 4.14. The summed E-state index contributed by atoms with van der Waals surface area (Å²) in [7, 11) is 0. The number of hydrogen-bond donors (Lipinski definition) is 1. The van der Waals surface area contributed by atoms with Crippen LogP contribution in [-0.2, 0) is 6.54 Å². The van der Waals surface area contributed by atoms with E-state index in [-0.39, 0.29) is 0 Å². The monoisotopic (exact) mass is 253 g/mol. The van der Waals surface area contributed by atoms with E-state index in [9.17, 15) is 0 Å². The lowest BCUT2D eigenvalue weighted by Gasteiger charge is -2.08. The first-order valence-corrected chi connectivity index (χ1v) is 6.41. The van der Waals surface area contributed by atoms with Gasteiger partial charge in [-0.3, -0.25) is 0 Å². The summed E-state index contributed by atoms with van der Waals surface area (Å²) in [5.74, 6) is 1.72. The molecule has 0 amide bonds. The first-order chi connectivity index (χ1) is 9.24. The largest absolute Gasteiger partial charge is 0.457 e. The van der Waals surface area contributed by atoms with Crippen LogP contribution in [0.1, 0.15) is 12.5 Å². The number of para-hydroxylation sites is 1. The van der Waals surface area contributed by atoms with E-state index in [0.717, 1.165) is 30.2 Å². The summed E-state index contributed by atoms with van der Waals surface area (Å²) in [5, 5.41) is 3.34. The van der Waals surface area contributed by atoms with E-state index in [4.69, 9.17) is 4.74 Å². The summed E-state index contributed by atoms with van der Waals surface area (Å²) in [6.45, 7) is 7.54. The fraction of sp³-hybridized carbons (Fsp3) is 0.176. The summed E-state index contributed by atoms with van der Waals surface area (Å²) in [6.07, 6.45) is 0. The summed E-state index contributed by atoms with van der Waals surface area (Å²) < 4.78 is 5.80. The Labute approximate surface area is 114 Å². The summed E-state index contributed by atoms with van der Waals surface area (Å²) in [4.78, 5) is 0. The van der Waals surface area contributed by atoms with Crippen LogP contribution in [0.2, 0.25) is 0 Å². The second kappa shape index (κ2) is 6.76. The van der Waals surface area contributed by atoms with Crippen molar-refractivity contribution >= 4 is 0 Å². The third kappa shape index (κ3) is 4.60. The van der Waals surface area contributed by atoms with Gasteiger partial charge in [0.25, 0.3) is 0 Å². The maximum Gasteiger partial charge on any atom is 0.127 e. The van der Waals surface area contributed by atoms with E-state index < -0.39 is 0 Å². The van der Waals surface area contributed by atoms with Crippen LogP contribution in [0.5, 0.6) is 11.5 Å². The summed E-state index contributed by atoms with van der Waals surface area (Å²) >= 11 is 0. The van der Waals surface area contributed by atoms with Crippen LogP contribution >= 0.6 is 0 Å². The Bertz CT molecular complexity index is 534. The van der Waals surface area contributed by atoms with Gasteiger partial charge in [0.05, 0.1) is 0 Å². The lowest BCUT2D eigenvalue weighted by atomic mass is 10.2. The number of ether oxygens (including phenoxy) is 1. The van der Waals surface area contributed by atoms with Gasteiger partial charge in [0.1, 0.15) is 11.5 Å². The molecule has 0 atom stereocenters. The number of hydrogen-bond acceptors (Lipinski definition) is 2. The van der Waals surface area contributed by atoms with Gasteiger partial charge in [0.2, 0.25) is 0 Å². The van der Waals surface area contributed by atoms with Crippen molar-refractivity contribution in [3.05, 3.63) is 72.3 Å². The maximum absolute atomic E-state index is 5.80. The molecule has 2 rings (SSSR count). The molecule has 0 bridgehead atoms. The zero-order valence-corrected chi connectivity index (χ0v) is 11.2. The van der Waals surface area contributed by atoms with Crippen molar-refractivity contribution in [3.63, 3.8) is 0 Å². The lowest BCUT2D eigenvalue weighted by Crippen LogP contribution is -2.15. The van der Waals surface area contributed by atoms with Crippen LogP contribution < -0.4 is 10.1 Å². The molecule has 2 nitrogen and oxygen atoms in total. The molecule has 0 saturated heterocycles. The average molecular weight is 253 g/mol. The molecular weight excluding hydrogens is 234 g/mol. The van der Waals surface area contributed by atoms with Crippen LogP contribution in [0, 0.1) is 0 Å². The molecule has 0 heterocycles. The quantitative estimate of drug-likeness (QED) is 0.781. The van der Waals surface area contributed by atoms with E-state index >= 15 is 0 Å². The van der Waals surface area contributed by atoms with Gasteiger partial charge in [-0.15, -0.1) is 0 Å². The summed E-state index contributed by atoms with van der Waals surface area (Å²) in [6, 6.07) is 17.9. The second-order valence-electron chi connectivity index (χ2n) is 4.62. The fourth-order valence-electron chi connectivity index (χ4n) is 1.76. The minimum Gasteiger partial charge on any atom is -0.457 e. The Hall–Kier alpha value is -2.06. The van der Waals surface area contributed by atoms with E-state index in [1.54, 1.807) is 0 Å². The summed E-state index contributed by atoms with van der Waals surface area (Å²) in [5.41, 5.74) is 2.34. The van der Waals surface area contributed by atoms with Crippen LogP contribution in [0.15, 0.2) is 66.7 Å². The number of nitrogens with one attached hydrogen (secondary N) is 1. The SMILES string of the molecule is C=C(C)CNCc1cccc(Oc2ccccc2)c1. The fourth-order valence-corrected chi connectivity index (χ4v) is 1.76. The molecule has 1 N–H and O–H groups in total. The molecule has 0 fully saturated rings. The van der Waals surface area contributed by atoms with E-state index in [1.807, 2.05) is 49.4 Å². The van der Waals surface area contributed by atoms with Gasteiger partial charge in [-0.1, -0.05) is 42.5 Å². The van der Waals surface area contributed by atoms with Crippen LogP contribution in [-0.4, -0.2) is 6.54 Å². The third-order valence-electron chi connectivity index (χ3n) is 2.63. The standard InChI is InChI=1S/C17H19NO/c1-14(2)12-18-13-15-7-6-10-17(11-15)19-16-8-4-3-5-9-16/h3-11,18H,1,12-13H2,2H3. The minimum atomic E-state index is 0.818. The molecule has 0 aromatic heterocycles. The highest BCUT2D eigenvalue weighted by Gasteiger charge is 1.98. The molecule has 98 valence electrons. The second-order valence-corrected chi connectivity index (χ2v) is 4.62. The Kier molecular flexibility index (Phi) is 4.76. The highest BCUT2D eigenvalue weighted by molar-refractivity contribution is 5.33. The lowest BCUT2D eigenvalue weighted by molar-refractivity contribution is 0.481. The van der Waals surface area contributed by atoms with E-state index in [2.05, 4.69) is 24.0 Å². The zero-order chi connectivity index (χ0) is 13.5. The minimum absolute atomic E-state index is 0.818. The molecule has 2 heteroatoms. The first kappa shape index (κ1) is 13.4. The number of rotatable bonds is 6. The molecular formula is C17H19NO. The molecule has 2 aromatic rings. The average Bonchev–Trinajstić information content (AvgIpc) is 2.40. The van der Waals surface area contributed by atoms with Crippen molar-refractivity contribution in [2.75, 3.05) is 6.54 Å². The van der Waals surface area contributed by atoms with Crippen molar-refractivity contribution in [3.8, 4) is 11.5 Å². The van der Waals surface area contributed by atoms with E-state index in [1.165, 1.54) is 5.56 Å². The Morgan fingerprint density at radius 2 is 1.79 bits per heavy atom. The van der Waals surface area contributed by atoms with Crippen molar-refractivity contribution in [1.82, 2.24) is 5.32 Å². The van der Waals surface area contributed by atoms with Gasteiger partial charge in [-0.2, -0.15) is 0 Å². The predicted molar refractivity (Wildman–Crippen MR) is 79.5 cm³/mol. The van der Waals surface area contributed by atoms with E-state index in [0.29, 0.717) is 0 Å². The molecule has 0 aliphatic carbocycles. The zero-order valence-electron chi connectivity index (χ0n) is 11.2. The topological polar surface area (TPSA) is 21.3 Å². The third-order valence-corrected chi connectivity index (χ3v) is 2.63. The van der Waals surface area contributed by atoms with Crippen molar-refractivity contribution in [1.29, 1.82) is 0 Å². The van der Waals surface area contributed by atoms with Gasteiger partial charge in [0.15, 0.2) is 0 Å². The maximum atomic E-state index is 5.80. The highest BCUT2D eigenvalue weighted by atomic mass is 16.5. The number of benzene rings is 2. The molecule has 19 heavy (non-hydrogen) atoms. The van der Waals surface area contributed by atoms with Crippen molar-refractivity contribution < 1.29 is 4.74 Å². The molecule has 0 saturated carbocycles. The highest BCUT2D eigenvalue weighted by Crippen LogP contribution is 2.21. The van der Waals surface area contributed by atoms with Gasteiger partial charge in [-0.05, 0) is 36.8 Å². The molecule has 0 radical (unpaired) electrons. The van der Waals surface area contributed by atoms with Gasteiger partial charge in [0, 0.05) is 13.1 Å². The van der Waals surface area contributed by atoms with Crippen LogP contribution in [0.3, 0.4) is 0 Å². The van der Waals surface area contributed by atoms with Crippen molar-refractivity contribution in [2.24, 2.45) is 0 Å². The van der Waals surface area contributed by atoms with Crippen LogP contribution in [0.4, 0.5) is 0 Å². The smallest absolute Gasteiger partial charge is 0.127 e. The molecule has 0 aliphatic rings. The first-order valence-electron chi connectivity index (χ1n) is 6.41. The molecule has 0 unspecified atom stereocenters. The van der Waals surface area contributed by atoms with Gasteiger partial charge >= 0.3 is 0 Å². The normalized spacial score (nSPS) is 10.2. The molecule has 0 aliphatic heterocycles. The Morgan fingerprint density at radius 1 is 1.05 bits per heavy atom. The van der Waals surface area contributed by atoms with Crippen LogP contribution in [0.25, 0.3) is 0 Å². The molecule has 2 aromatic carbocycles. The van der Waals surface area contributed by atoms with Gasteiger partial charge in [-0.25, -0.2) is 0 Å². The van der Waals surface area contributed by atoms with Crippen molar-refractivity contribution in [2.45, 2.75) is 13.5 Å².